The summed E-state index contributed by atoms with van der Waals surface area (Å²) in [4.78, 5) is 28.5. The minimum absolute atomic E-state index is 0.190. The van der Waals surface area contributed by atoms with Gasteiger partial charge < -0.3 is 15.0 Å². The van der Waals surface area contributed by atoms with Crippen LogP contribution >= 0.6 is 0 Å². The van der Waals surface area contributed by atoms with Crippen molar-refractivity contribution in [3.63, 3.8) is 0 Å². The molecule has 0 aliphatic carbocycles. The molecule has 0 fully saturated rings. The van der Waals surface area contributed by atoms with E-state index in [0.29, 0.717) is 31.0 Å². The number of hydrogen-bond acceptors (Lipinski definition) is 5. The molecule has 3 rings (SSSR count). The zero-order chi connectivity index (χ0) is 29.8. The second-order valence-electron chi connectivity index (χ2n) is 10.1. The smallest absolute Gasteiger partial charge is 0.244 e. The Kier molecular flexibility index (Phi) is 11.8. The third-order valence-electron chi connectivity index (χ3n) is 6.87. The standard InChI is InChI=1S/C32H41N3O5S/c1-5-7-21-33-32(37)30(6-2)34(22-27-16-12-11-13-25(27)3)31(36)23-35(41(4,38)39)28-17-19-29(20-18-28)40-24-26-14-9-8-10-15-26/h8-20,30H,5-7,21-24H2,1-4H3,(H,33,37). The third-order valence-corrected chi connectivity index (χ3v) is 8.01. The highest BCUT2D eigenvalue weighted by Gasteiger charge is 2.31. The Morgan fingerprint density at radius 3 is 2.20 bits per heavy atom. The highest BCUT2D eigenvalue weighted by molar-refractivity contribution is 7.92. The first-order valence-electron chi connectivity index (χ1n) is 14.0. The number of hydrogen-bond donors (Lipinski definition) is 1. The molecule has 0 saturated carbocycles. The fraction of sp³-hybridized carbons (Fsp3) is 0.375. The number of aryl methyl sites for hydroxylation is 1. The number of ether oxygens (including phenoxy) is 1. The first-order chi connectivity index (χ1) is 19.6. The van der Waals surface area contributed by atoms with Crippen LogP contribution in [0.1, 0.15) is 49.8 Å². The van der Waals surface area contributed by atoms with Crippen molar-refractivity contribution in [3.8, 4) is 5.75 Å². The van der Waals surface area contributed by atoms with Gasteiger partial charge in [-0.2, -0.15) is 0 Å². The van der Waals surface area contributed by atoms with E-state index in [-0.39, 0.29) is 12.5 Å². The summed E-state index contributed by atoms with van der Waals surface area (Å²) >= 11 is 0. The summed E-state index contributed by atoms with van der Waals surface area (Å²) in [5.74, 6) is -0.123. The van der Waals surface area contributed by atoms with Crippen molar-refractivity contribution in [2.45, 2.75) is 59.2 Å². The number of amides is 2. The van der Waals surface area contributed by atoms with E-state index in [9.17, 15) is 18.0 Å². The minimum atomic E-state index is -3.82. The molecule has 0 radical (unpaired) electrons. The lowest BCUT2D eigenvalue weighted by Crippen LogP contribution is -2.52. The summed E-state index contributed by atoms with van der Waals surface area (Å²) in [5, 5.41) is 2.94. The van der Waals surface area contributed by atoms with E-state index in [1.165, 1.54) is 4.90 Å². The summed E-state index contributed by atoms with van der Waals surface area (Å²) in [7, 11) is -3.82. The van der Waals surface area contributed by atoms with Gasteiger partial charge >= 0.3 is 0 Å². The Bertz CT molecular complexity index is 1380. The molecule has 0 aliphatic heterocycles. The quantitative estimate of drug-likeness (QED) is 0.254. The Morgan fingerprint density at radius 1 is 0.927 bits per heavy atom. The van der Waals surface area contributed by atoms with Crippen LogP contribution in [0.25, 0.3) is 0 Å². The molecule has 8 nitrogen and oxygen atoms in total. The third kappa shape index (κ3) is 9.35. The molecule has 1 atom stereocenters. The van der Waals surface area contributed by atoms with Gasteiger partial charge in [-0.05, 0) is 60.7 Å². The second kappa shape index (κ2) is 15.2. The van der Waals surface area contributed by atoms with Crippen molar-refractivity contribution in [2.24, 2.45) is 0 Å². The molecule has 1 N–H and O–H groups in total. The molecule has 9 heteroatoms. The van der Waals surface area contributed by atoms with Gasteiger partial charge in [-0.1, -0.05) is 74.9 Å². The number of unbranched alkanes of at least 4 members (excludes halogenated alkanes) is 1. The summed E-state index contributed by atoms with van der Waals surface area (Å²) in [6.45, 7) is 6.49. The van der Waals surface area contributed by atoms with E-state index in [1.54, 1.807) is 24.3 Å². The molecule has 0 saturated heterocycles. The first kappa shape index (κ1) is 31.7. The lowest BCUT2D eigenvalue weighted by atomic mass is 10.1. The molecule has 0 bridgehead atoms. The van der Waals surface area contributed by atoms with Crippen molar-refractivity contribution in [2.75, 3.05) is 23.7 Å². The molecular weight excluding hydrogens is 538 g/mol. The van der Waals surface area contributed by atoms with Gasteiger partial charge in [0.25, 0.3) is 0 Å². The molecule has 3 aromatic rings. The summed E-state index contributed by atoms with van der Waals surface area (Å²) in [5.41, 5.74) is 3.23. The largest absolute Gasteiger partial charge is 0.489 e. The van der Waals surface area contributed by atoms with Crippen LogP contribution in [0.4, 0.5) is 5.69 Å². The molecular formula is C32H41N3O5S. The maximum Gasteiger partial charge on any atom is 0.244 e. The van der Waals surface area contributed by atoms with E-state index >= 15 is 0 Å². The van der Waals surface area contributed by atoms with Crippen molar-refractivity contribution in [1.82, 2.24) is 10.2 Å². The molecule has 41 heavy (non-hydrogen) atoms. The van der Waals surface area contributed by atoms with Gasteiger partial charge in [0.2, 0.25) is 21.8 Å². The van der Waals surface area contributed by atoms with Crippen LogP contribution in [0.2, 0.25) is 0 Å². The van der Waals surface area contributed by atoms with Gasteiger partial charge in [0.15, 0.2) is 0 Å². The number of benzene rings is 3. The number of carbonyl (C=O) groups is 2. The number of rotatable bonds is 15. The Hall–Kier alpha value is -3.85. The van der Waals surface area contributed by atoms with Crippen LogP contribution < -0.4 is 14.4 Å². The number of nitrogens with one attached hydrogen (secondary N) is 1. The fourth-order valence-electron chi connectivity index (χ4n) is 4.46. The molecule has 2 amide bonds. The molecule has 3 aromatic carbocycles. The van der Waals surface area contributed by atoms with E-state index in [1.807, 2.05) is 75.4 Å². The molecule has 1 unspecified atom stereocenters. The molecule has 0 aliphatic rings. The molecule has 0 spiro atoms. The highest BCUT2D eigenvalue weighted by Crippen LogP contribution is 2.24. The highest BCUT2D eigenvalue weighted by atomic mass is 32.2. The van der Waals surface area contributed by atoms with Gasteiger partial charge in [0.05, 0.1) is 11.9 Å². The number of sulfonamides is 1. The van der Waals surface area contributed by atoms with Gasteiger partial charge in [-0.15, -0.1) is 0 Å². The number of anilines is 1. The summed E-state index contributed by atoms with van der Waals surface area (Å²) in [6, 6.07) is 23.3. The van der Waals surface area contributed by atoms with Gasteiger partial charge in [0.1, 0.15) is 24.9 Å². The van der Waals surface area contributed by atoms with Crippen molar-refractivity contribution >= 4 is 27.5 Å². The van der Waals surface area contributed by atoms with Gasteiger partial charge in [-0.25, -0.2) is 8.42 Å². The fourth-order valence-corrected chi connectivity index (χ4v) is 5.31. The van der Waals surface area contributed by atoms with Crippen molar-refractivity contribution in [1.29, 1.82) is 0 Å². The van der Waals surface area contributed by atoms with E-state index in [2.05, 4.69) is 5.32 Å². The van der Waals surface area contributed by atoms with Crippen LogP contribution in [0.5, 0.6) is 5.75 Å². The normalized spacial score (nSPS) is 11.9. The summed E-state index contributed by atoms with van der Waals surface area (Å²) < 4.78 is 32.7. The zero-order valence-corrected chi connectivity index (χ0v) is 25.2. The Labute approximate surface area is 244 Å². The van der Waals surface area contributed by atoms with Crippen LogP contribution in [0.3, 0.4) is 0 Å². The molecule has 0 heterocycles. The maximum atomic E-state index is 13.9. The maximum absolute atomic E-state index is 13.9. The van der Waals surface area contributed by atoms with Gasteiger partial charge in [-0.3, -0.25) is 13.9 Å². The van der Waals surface area contributed by atoms with Crippen molar-refractivity contribution in [3.05, 3.63) is 95.6 Å². The van der Waals surface area contributed by atoms with Crippen LogP contribution in [-0.2, 0) is 32.8 Å². The van der Waals surface area contributed by atoms with Crippen LogP contribution in [0.15, 0.2) is 78.9 Å². The predicted molar refractivity (Wildman–Crippen MR) is 163 cm³/mol. The summed E-state index contributed by atoms with van der Waals surface area (Å²) in [6.07, 6.45) is 3.23. The lowest BCUT2D eigenvalue weighted by Gasteiger charge is -2.33. The van der Waals surface area contributed by atoms with E-state index < -0.39 is 28.5 Å². The lowest BCUT2D eigenvalue weighted by molar-refractivity contribution is -0.140. The molecule has 0 aromatic heterocycles. The average molecular weight is 580 g/mol. The molecule has 220 valence electrons. The number of nitrogens with zero attached hydrogens (tertiary/aromatic N) is 2. The topological polar surface area (TPSA) is 96.0 Å². The first-order valence-corrected chi connectivity index (χ1v) is 15.8. The van der Waals surface area contributed by atoms with Crippen molar-refractivity contribution < 1.29 is 22.7 Å². The second-order valence-corrected chi connectivity index (χ2v) is 12.0. The van der Waals surface area contributed by atoms with Crippen LogP contribution in [0, 0.1) is 6.92 Å². The van der Waals surface area contributed by atoms with Crippen LogP contribution in [-0.4, -0.2) is 50.5 Å². The van der Waals surface area contributed by atoms with E-state index in [0.717, 1.165) is 40.1 Å². The minimum Gasteiger partial charge on any atom is -0.489 e. The van der Waals surface area contributed by atoms with Gasteiger partial charge in [0, 0.05) is 13.1 Å². The predicted octanol–water partition coefficient (Wildman–Crippen LogP) is 5.06. The SMILES string of the molecule is CCCCNC(=O)C(CC)N(Cc1ccccc1C)C(=O)CN(c1ccc(OCc2ccccc2)cc1)S(C)(=O)=O. The monoisotopic (exact) mass is 579 g/mol. The Balaban J connectivity index is 1.84. The van der Waals surface area contributed by atoms with E-state index in [4.69, 9.17) is 4.74 Å². The Morgan fingerprint density at radius 2 is 1.59 bits per heavy atom. The average Bonchev–Trinajstić information content (AvgIpc) is 2.96. The number of carbonyl (C=O) groups excluding carboxylic acids is 2. The zero-order valence-electron chi connectivity index (χ0n) is 24.4.